The number of carbonyl (C=O) groups is 1. The van der Waals surface area contributed by atoms with Crippen LogP contribution in [0.5, 0.6) is 5.75 Å². The van der Waals surface area contributed by atoms with Crippen molar-refractivity contribution in [3.8, 4) is 5.75 Å². The van der Waals surface area contributed by atoms with Gasteiger partial charge in [0.15, 0.2) is 5.49 Å². The van der Waals surface area contributed by atoms with Crippen molar-refractivity contribution in [3.05, 3.63) is 60.0 Å². The van der Waals surface area contributed by atoms with Gasteiger partial charge in [0, 0.05) is 0 Å². The summed E-state index contributed by atoms with van der Waals surface area (Å²) in [6, 6.07) is 10.1. The third-order valence-electron chi connectivity index (χ3n) is 8.01. The quantitative estimate of drug-likeness (QED) is 0.0817. The SMILES string of the molecule is CCC(CC)COC(=O)[C@H](C)N=CP(=O)(OC[C@H]1O[C@@](C)(c2ccc3c(=N)n(COP(=O)(O)O)cnn23)[C@H](O)[C@@H]1O)Oc1ccccc1. The number of nitrogens with one attached hydrogen (secondary N) is 1. The maximum Gasteiger partial charge on any atom is 0.471 e. The van der Waals surface area contributed by atoms with Crippen LogP contribution in [0.3, 0.4) is 0 Å². The Bertz CT molecular complexity index is 1740. The number of esters is 1. The average Bonchev–Trinajstić information content (AvgIpc) is 3.59. The number of aromatic nitrogens is 3. The van der Waals surface area contributed by atoms with Crippen LogP contribution in [0.1, 0.15) is 46.2 Å². The molecule has 19 heteroatoms. The molecule has 0 amide bonds. The standard InChI is InChI=1S/C29H41N5O12P2/c1-5-20(6-2)14-42-28(37)19(3)31-17-47(38,46-21-10-8-7-9-11-21)43-15-23-25(35)26(36)29(4,45-23)24-13-12-22-27(30)33(16-32-34(22)24)18-44-48(39,40)41/h7-13,16-17,19-20,23,25-26,30,35-36H,5-6,14-15,18H2,1-4H3,(H2,39,40,41)/t19-,23+,25+,26+,29-,47?/m0/s1. The molecule has 3 aromatic rings. The molecule has 1 fully saturated rings. The number of rotatable bonds is 16. The first-order chi connectivity index (χ1) is 22.6. The zero-order valence-corrected chi connectivity index (χ0v) is 28.6. The van der Waals surface area contributed by atoms with E-state index in [4.69, 9.17) is 33.7 Å². The summed E-state index contributed by atoms with van der Waals surface area (Å²) in [5.41, 5.74) is -1.42. The zero-order chi connectivity index (χ0) is 35.3. The summed E-state index contributed by atoms with van der Waals surface area (Å²) in [6.07, 6.45) is -1.52. The Labute approximate surface area is 276 Å². The van der Waals surface area contributed by atoms with E-state index >= 15 is 0 Å². The van der Waals surface area contributed by atoms with Gasteiger partial charge in [-0.1, -0.05) is 44.9 Å². The topological polar surface area (TPSA) is 237 Å². The Balaban J connectivity index is 1.52. The number of phosphoric ester groups is 1. The number of hydrogen-bond acceptors (Lipinski definition) is 13. The van der Waals surface area contributed by atoms with Crippen molar-refractivity contribution in [2.45, 2.75) is 77.2 Å². The van der Waals surface area contributed by atoms with Crippen LogP contribution < -0.4 is 10.0 Å². The first-order valence-corrected chi connectivity index (χ1v) is 18.3. The van der Waals surface area contributed by atoms with Gasteiger partial charge in [-0.2, -0.15) is 5.10 Å². The molecule has 6 atom stereocenters. The Morgan fingerprint density at radius 3 is 2.48 bits per heavy atom. The number of aliphatic hydroxyl groups is 2. The van der Waals surface area contributed by atoms with Gasteiger partial charge < -0.3 is 34.0 Å². The molecule has 264 valence electrons. The van der Waals surface area contributed by atoms with Crippen molar-refractivity contribution in [2.24, 2.45) is 10.9 Å². The van der Waals surface area contributed by atoms with E-state index < -0.39 is 64.7 Å². The first-order valence-electron chi connectivity index (χ1n) is 15.2. The van der Waals surface area contributed by atoms with E-state index in [-0.39, 0.29) is 35.0 Å². The van der Waals surface area contributed by atoms with Crippen LogP contribution in [-0.2, 0) is 44.8 Å². The van der Waals surface area contributed by atoms with E-state index in [2.05, 4.69) is 14.6 Å². The van der Waals surface area contributed by atoms with Crippen LogP contribution in [-0.4, -0.2) is 83.7 Å². The summed E-state index contributed by atoms with van der Waals surface area (Å²) in [7, 11) is -9.05. The molecule has 1 saturated heterocycles. The summed E-state index contributed by atoms with van der Waals surface area (Å²) in [5.74, 6) is 0.697. The molecule has 1 aromatic carbocycles. The highest BCUT2D eigenvalue weighted by Crippen LogP contribution is 2.48. The number of hydrogen-bond donors (Lipinski definition) is 5. The van der Waals surface area contributed by atoms with Gasteiger partial charge in [-0.15, -0.1) is 0 Å². The number of para-hydroxylation sites is 1. The fraction of sp³-hybridized carbons (Fsp3) is 0.517. The molecule has 2 aromatic heterocycles. The number of nitrogens with zero attached hydrogens (tertiary/aromatic N) is 4. The van der Waals surface area contributed by atoms with Crippen LogP contribution in [0.2, 0.25) is 0 Å². The average molecular weight is 714 g/mol. The van der Waals surface area contributed by atoms with Gasteiger partial charge in [-0.05, 0) is 44.0 Å². The fourth-order valence-corrected chi connectivity index (χ4v) is 6.54. The zero-order valence-electron chi connectivity index (χ0n) is 26.9. The van der Waals surface area contributed by atoms with Crippen LogP contribution in [0, 0.1) is 11.3 Å². The van der Waals surface area contributed by atoms with Crippen LogP contribution in [0.15, 0.2) is 53.8 Å². The van der Waals surface area contributed by atoms with Gasteiger partial charge in [0.1, 0.15) is 60.2 Å². The minimum atomic E-state index is -4.81. The van der Waals surface area contributed by atoms with Crippen molar-refractivity contribution < 1.29 is 57.0 Å². The highest BCUT2D eigenvalue weighted by atomic mass is 31.2. The van der Waals surface area contributed by atoms with Crippen LogP contribution >= 0.6 is 15.4 Å². The van der Waals surface area contributed by atoms with Gasteiger partial charge in [-0.25, -0.2) is 18.4 Å². The summed E-state index contributed by atoms with van der Waals surface area (Å²) in [6.45, 7) is 6.03. The fourth-order valence-electron chi connectivity index (χ4n) is 4.97. The number of phosphoric acid groups is 1. The van der Waals surface area contributed by atoms with Gasteiger partial charge in [0.2, 0.25) is 0 Å². The molecule has 1 aliphatic rings. The molecule has 0 bridgehead atoms. The predicted octanol–water partition coefficient (Wildman–Crippen LogP) is 2.70. The van der Waals surface area contributed by atoms with Crippen molar-refractivity contribution in [3.63, 3.8) is 0 Å². The van der Waals surface area contributed by atoms with Gasteiger partial charge >= 0.3 is 21.4 Å². The molecule has 1 aliphatic heterocycles. The third-order valence-corrected chi connectivity index (χ3v) is 9.86. The summed E-state index contributed by atoms with van der Waals surface area (Å²) in [4.78, 5) is 34.6. The number of carbonyl (C=O) groups excluding carboxylic acids is 1. The Hall–Kier alpha value is -3.24. The molecule has 0 aliphatic carbocycles. The highest BCUT2D eigenvalue weighted by Gasteiger charge is 2.54. The normalized spacial score (nSPS) is 23.5. The second kappa shape index (κ2) is 15.5. The third kappa shape index (κ3) is 8.86. The summed E-state index contributed by atoms with van der Waals surface area (Å²) in [5, 5.41) is 34.7. The number of aliphatic imine (C=N–C) groups is 1. The van der Waals surface area contributed by atoms with E-state index in [9.17, 15) is 24.1 Å². The van der Waals surface area contributed by atoms with E-state index in [1.54, 1.807) is 30.3 Å². The highest BCUT2D eigenvalue weighted by molar-refractivity contribution is 7.70. The minimum absolute atomic E-state index is 0.178. The van der Waals surface area contributed by atoms with Crippen molar-refractivity contribution in [1.82, 2.24) is 14.2 Å². The number of benzene rings is 1. The van der Waals surface area contributed by atoms with E-state index in [0.717, 1.165) is 29.7 Å². The largest absolute Gasteiger partial charge is 0.471 e. The first kappa shape index (κ1) is 37.6. The van der Waals surface area contributed by atoms with Crippen molar-refractivity contribution >= 4 is 32.9 Å². The summed E-state index contributed by atoms with van der Waals surface area (Å²) >= 11 is 0. The minimum Gasteiger partial charge on any atom is -0.464 e. The summed E-state index contributed by atoms with van der Waals surface area (Å²) < 4.78 is 54.6. The number of fused-ring (bicyclic) bond motifs is 1. The lowest BCUT2D eigenvalue weighted by molar-refractivity contribution is -0.146. The van der Waals surface area contributed by atoms with Gasteiger partial charge in [0.05, 0.1) is 18.9 Å². The van der Waals surface area contributed by atoms with E-state index in [1.165, 1.54) is 30.5 Å². The molecule has 0 radical (unpaired) electrons. The Morgan fingerprint density at radius 1 is 1.15 bits per heavy atom. The number of ether oxygens (including phenoxy) is 2. The van der Waals surface area contributed by atoms with Crippen molar-refractivity contribution in [2.75, 3.05) is 13.2 Å². The molecule has 17 nitrogen and oxygen atoms in total. The lowest BCUT2D eigenvalue weighted by atomic mass is 9.93. The van der Waals surface area contributed by atoms with E-state index in [0.29, 0.717) is 0 Å². The molecular formula is C29H41N5O12P2. The molecule has 0 saturated carbocycles. The maximum atomic E-state index is 13.9. The molecule has 3 heterocycles. The van der Waals surface area contributed by atoms with Crippen LogP contribution in [0.4, 0.5) is 0 Å². The van der Waals surface area contributed by atoms with E-state index in [1.807, 2.05) is 13.8 Å². The monoisotopic (exact) mass is 713 g/mol. The molecule has 4 rings (SSSR count). The Morgan fingerprint density at radius 2 is 1.83 bits per heavy atom. The second-order valence-electron chi connectivity index (χ2n) is 11.4. The number of aliphatic hydroxyl groups excluding tert-OH is 2. The second-order valence-corrected chi connectivity index (χ2v) is 14.4. The molecule has 48 heavy (non-hydrogen) atoms. The lowest BCUT2D eigenvalue weighted by Gasteiger charge is -2.27. The van der Waals surface area contributed by atoms with Crippen LogP contribution in [0.25, 0.3) is 5.52 Å². The van der Waals surface area contributed by atoms with Gasteiger partial charge in [-0.3, -0.25) is 24.0 Å². The molecular weight excluding hydrogens is 672 g/mol. The van der Waals surface area contributed by atoms with Crippen molar-refractivity contribution in [1.29, 1.82) is 5.41 Å². The Kier molecular flexibility index (Phi) is 12.2. The smallest absolute Gasteiger partial charge is 0.464 e. The maximum absolute atomic E-state index is 13.9. The van der Waals surface area contributed by atoms with Gasteiger partial charge in [0.25, 0.3) is 0 Å². The molecule has 0 spiro atoms. The molecule has 1 unspecified atom stereocenters. The molecule has 5 N–H and O–H groups in total. The predicted molar refractivity (Wildman–Crippen MR) is 170 cm³/mol. The lowest BCUT2D eigenvalue weighted by Crippen LogP contribution is -2.40.